The van der Waals surface area contributed by atoms with Crippen molar-refractivity contribution in [3.05, 3.63) is 34.4 Å². The largest absolute Gasteiger partial charge is 0.465 e. The minimum absolute atomic E-state index is 0.0112. The summed E-state index contributed by atoms with van der Waals surface area (Å²) >= 11 is 0. The van der Waals surface area contributed by atoms with E-state index in [1.54, 1.807) is 20.8 Å². The Labute approximate surface area is 210 Å². The minimum Gasteiger partial charge on any atom is -0.465 e. The molecule has 1 aliphatic heterocycles. The van der Waals surface area contributed by atoms with Gasteiger partial charge in [-0.3, -0.25) is 4.79 Å². The number of nitrogens with zero attached hydrogens (tertiary/aromatic N) is 1. The Morgan fingerprint density at radius 2 is 1.75 bits per heavy atom. The highest BCUT2D eigenvalue weighted by atomic mass is 19.4. The number of carbonyl (C=O) groups excluding carboxylic acids is 3. The monoisotopic (exact) mass is 514 g/mol. The molecule has 0 aromatic heterocycles. The van der Waals surface area contributed by atoms with Crippen LogP contribution in [0.25, 0.3) is 0 Å². The molecule has 2 amide bonds. The van der Waals surface area contributed by atoms with Crippen LogP contribution in [-0.4, -0.2) is 48.2 Å². The molecule has 2 aliphatic rings. The second kappa shape index (κ2) is 12.0. The molecule has 2 atom stereocenters. The van der Waals surface area contributed by atoms with E-state index < -0.39 is 29.4 Å². The minimum atomic E-state index is -4.63. The zero-order chi connectivity index (χ0) is 27.3. The number of nitrogens with one attached hydrogen (secondary N) is 1. The average Bonchev–Trinajstić information content (AvgIpc) is 3.23. The lowest BCUT2D eigenvalue weighted by Gasteiger charge is -2.32. The summed E-state index contributed by atoms with van der Waals surface area (Å²) in [6, 6.07) is 1.61. The van der Waals surface area contributed by atoms with Crippen LogP contribution in [-0.2, 0) is 33.4 Å². The van der Waals surface area contributed by atoms with Crippen LogP contribution < -0.4 is 5.32 Å². The first kappa shape index (κ1) is 29.5. The number of benzene rings is 1. The number of alkyl halides is 3. The Hall–Kier alpha value is -2.78. The van der Waals surface area contributed by atoms with Crippen molar-refractivity contribution in [3.8, 4) is 0 Å². The molecule has 1 aromatic carbocycles. The van der Waals surface area contributed by atoms with Crippen LogP contribution in [0.3, 0.4) is 0 Å². The third kappa shape index (κ3) is 7.86. The summed E-state index contributed by atoms with van der Waals surface area (Å²) in [6.45, 7) is 9.82. The lowest BCUT2D eigenvalue weighted by Crippen LogP contribution is -2.41. The molecule has 1 fully saturated rings. The van der Waals surface area contributed by atoms with E-state index in [9.17, 15) is 27.6 Å². The van der Waals surface area contributed by atoms with Gasteiger partial charge in [0.1, 0.15) is 5.60 Å². The van der Waals surface area contributed by atoms with Gasteiger partial charge in [-0.25, -0.2) is 9.59 Å². The third-order valence-corrected chi connectivity index (χ3v) is 5.88. The van der Waals surface area contributed by atoms with Crippen LogP contribution >= 0.6 is 0 Å². The maximum atomic E-state index is 13.4. The Balaban J connectivity index is 0.00000145. The molecule has 2 unspecified atom stereocenters. The average molecular weight is 515 g/mol. The molecule has 1 aliphatic carbocycles. The summed E-state index contributed by atoms with van der Waals surface area (Å²) in [5, 5.41) is 2.78. The van der Waals surface area contributed by atoms with E-state index in [-0.39, 0.29) is 36.4 Å². The molecule has 10 heteroatoms. The first-order valence-corrected chi connectivity index (χ1v) is 12.3. The second-order valence-corrected chi connectivity index (χ2v) is 10.2. The van der Waals surface area contributed by atoms with Gasteiger partial charge < -0.3 is 19.7 Å². The van der Waals surface area contributed by atoms with Crippen molar-refractivity contribution < 1.29 is 37.0 Å². The first-order valence-electron chi connectivity index (χ1n) is 12.3. The molecular weight excluding hydrogens is 477 g/mol. The Morgan fingerprint density at radius 3 is 2.31 bits per heavy atom. The summed E-state index contributed by atoms with van der Waals surface area (Å²) in [6.07, 6.45) is -2.03. The standard InChI is InChI=1S/C23H29F3N2O5.C3H8/c1-22(2,3)33-21(31)27-16-6-5-13(10-16)19(29)28-8-7-17-14(12-28)9-15(23(24,25)26)11-18(17)20(30)32-4;1-3-2/h9,11,13,16H,5-8,10,12H2,1-4H3,(H,27,31);3H2,1-2H3. The van der Waals surface area contributed by atoms with Gasteiger partial charge >= 0.3 is 18.2 Å². The molecular formula is C26H37F3N2O5. The van der Waals surface area contributed by atoms with Crippen LogP contribution in [0.5, 0.6) is 0 Å². The Bertz CT molecular complexity index is 956. The van der Waals surface area contributed by atoms with Crippen molar-refractivity contribution in [1.82, 2.24) is 10.2 Å². The van der Waals surface area contributed by atoms with E-state index >= 15 is 0 Å². The van der Waals surface area contributed by atoms with Crippen molar-refractivity contribution in [2.75, 3.05) is 13.7 Å². The Morgan fingerprint density at radius 1 is 1.11 bits per heavy atom. The van der Waals surface area contributed by atoms with Crippen LogP contribution in [0.4, 0.5) is 18.0 Å². The molecule has 0 radical (unpaired) electrons. The van der Waals surface area contributed by atoms with Gasteiger partial charge in [0, 0.05) is 25.0 Å². The van der Waals surface area contributed by atoms with Crippen LogP contribution in [0.1, 0.15) is 87.4 Å². The van der Waals surface area contributed by atoms with Gasteiger partial charge in [-0.2, -0.15) is 13.2 Å². The third-order valence-electron chi connectivity index (χ3n) is 5.88. The molecule has 1 aromatic rings. The second-order valence-electron chi connectivity index (χ2n) is 10.2. The molecule has 0 spiro atoms. The lowest BCUT2D eigenvalue weighted by molar-refractivity contribution is -0.137. The molecule has 0 bridgehead atoms. The van der Waals surface area contributed by atoms with Crippen molar-refractivity contribution >= 4 is 18.0 Å². The summed E-state index contributed by atoms with van der Waals surface area (Å²) in [4.78, 5) is 38.7. The number of hydrogen-bond donors (Lipinski definition) is 1. The van der Waals surface area contributed by atoms with Gasteiger partial charge in [0.25, 0.3) is 0 Å². The number of esters is 1. The quantitative estimate of drug-likeness (QED) is 0.540. The van der Waals surface area contributed by atoms with Crippen molar-refractivity contribution in [2.45, 2.75) is 91.1 Å². The molecule has 202 valence electrons. The number of rotatable bonds is 3. The smallest absolute Gasteiger partial charge is 0.416 e. The zero-order valence-corrected chi connectivity index (χ0v) is 21.9. The van der Waals surface area contributed by atoms with Crippen molar-refractivity contribution in [2.24, 2.45) is 5.92 Å². The van der Waals surface area contributed by atoms with Gasteiger partial charge in [-0.1, -0.05) is 20.3 Å². The van der Waals surface area contributed by atoms with E-state index in [0.29, 0.717) is 36.9 Å². The number of methoxy groups -OCH3 is 1. The molecule has 3 rings (SSSR count). The Kier molecular flexibility index (Phi) is 9.79. The first-order chi connectivity index (χ1) is 16.7. The van der Waals surface area contributed by atoms with E-state index in [1.807, 2.05) is 0 Å². The number of ether oxygens (including phenoxy) is 2. The fourth-order valence-corrected chi connectivity index (χ4v) is 4.41. The van der Waals surface area contributed by atoms with Gasteiger partial charge in [0.2, 0.25) is 5.91 Å². The number of amides is 2. The molecule has 36 heavy (non-hydrogen) atoms. The highest BCUT2D eigenvalue weighted by Crippen LogP contribution is 2.36. The SMILES string of the molecule is CCC.COC(=O)c1cc(C(F)(F)F)cc2c1CCN(C(=O)C1CCC(NC(=O)OC(C)(C)C)C1)C2. The molecule has 1 N–H and O–H groups in total. The van der Waals surface area contributed by atoms with E-state index in [2.05, 4.69) is 23.9 Å². The molecule has 7 nitrogen and oxygen atoms in total. The van der Waals surface area contributed by atoms with E-state index in [1.165, 1.54) is 11.3 Å². The predicted octanol–water partition coefficient (Wildman–Crippen LogP) is 5.49. The topological polar surface area (TPSA) is 84.9 Å². The summed E-state index contributed by atoms with van der Waals surface area (Å²) in [7, 11) is 1.12. The molecule has 1 saturated carbocycles. The number of halogens is 3. The number of carbonyl (C=O) groups is 3. The predicted molar refractivity (Wildman–Crippen MR) is 128 cm³/mol. The highest BCUT2D eigenvalue weighted by molar-refractivity contribution is 5.92. The van der Waals surface area contributed by atoms with Crippen LogP contribution in [0.15, 0.2) is 12.1 Å². The van der Waals surface area contributed by atoms with Gasteiger partial charge in [0.15, 0.2) is 0 Å². The molecule has 1 heterocycles. The lowest BCUT2D eigenvalue weighted by atomic mass is 9.91. The summed E-state index contributed by atoms with van der Waals surface area (Å²) in [5.74, 6) is -1.33. The maximum absolute atomic E-state index is 13.4. The highest BCUT2D eigenvalue weighted by Gasteiger charge is 2.38. The summed E-state index contributed by atoms with van der Waals surface area (Å²) < 4.78 is 50.1. The van der Waals surface area contributed by atoms with E-state index in [4.69, 9.17) is 4.74 Å². The van der Waals surface area contributed by atoms with Crippen molar-refractivity contribution in [3.63, 3.8) is 0 Å². The molecule has 0 saturated heterocycles. The van der Waals surface area contributed by atoms with Crippen LogP contribution in [0.2, 0.25) is 0 Å². The normalized spacial score (nSPS) is 19.5. The van der Waals surface area contributed by atoms with E-state index in [0.717, 1.165) is 19.2 Å². The maximum Gasteiger partial charge on any atom is 0.416 e. The van der Waals surface area contributed by atoms with Gasteiger partial charge in [0.05, 0.1) is 18.2 Å². The number of alkyl carbamates (subject to hydrolysis) is 1. The number of hydrogen-bond acceptors (Lipinski definition) is 5. The summed E-state index contributed by atoms with van der Waals surface area (Å²) in [5.41, 5.74) is -0.909. The zero-order valence-electron chi connectivity index (χ0n) is 21.9. The fraction of sp³-hybridized carbons (Fsp3) is 0.654. The van der Waals surface area contributed by atoms with Gasteiger partial charge in [-0.15, -0.1) is 0 Å². The number of fused-ring (bicyclic) bond motifs is 1. The van der Waals surface area contributed by atoms with Crippen molar-refractivity contribution in [1.29, 1.82) is 0 Å². The van der Waals surface area contributed by atoms with Gasteiger partial charge in [-0.05, 0) is 69.7 Å². The van der Waals surface area contributed by atoms with Crippen LogP contribution in [0, 0.1) is 5.92 Å². The fourth-order valence-electron chi connectivity index (χ4n) is 4.41.